The first kappa shape index (κ1) is 31.1. The summed E-state index contributed by atoms with van der Waals surface area (Å²) in [4.78, 5) is 31.5. The molecular formula is C30H41N3O7. The Hall–Kier alpha value is -3.47. The minimum Gasteiger partial charge on any atom is -0.494 e. The van der Waals surface area contributed by atoms with Crippen molar-refractivity contribution in [2.45, 2.75) is 63.7 Å². The lowest BCUT2D eigenvalue weighted by Crippen LogP contribution is -2.53. The molecule has 0 saturated carbocycles. The first-order valence-electron chi connectivity index (χ1n) is 13.6. The van der Waals surface area contributed by atoms with Crippen LogP contribution >= 0.6 is 0 Å². The van der Waals surface area contributed by atoms with Crippen molar-refractivity contribution in [3.63, 3.8) is 0 Å². The predicted molar refractivity (Wildman–Crippen MR) is 151 cm³/mol. The highest BCUT2D eigenvalue weighted by Gasteiger charge is 2.53. The molecule has 0 aliphatic carbocycles. The Morgan fingerprint density at radius 1 is 1.05 bits per heavy atom. The number of aliphatic hydroxyl groups excluding tert-OH is 1. The summed E-state index contributed by atoms with van der Waals surface area (Å²) in [5.41, 5.74) is 5.05. The molecule has 3 N–H and O–H groups in total. The van der Waals surface area contributed by atoms with Crippen LogP contribution in [0.5, 0.6) is 5.75 Å². The third kappa shape index (κ3) is 8.77. The van der Waals surface area contributed by atoms with Gasteiger partial charge in [0.1, 0.15) is 11.4 Å². The van der Waals surface area contributed by atoms with E-state index in [4.69, 9.17) is 29.0 Å². The van der Waals surface area contributed by atoms with Gasteiger partial charge in [-0.25, -0.2) is 10.4 Å². The Labute approximate surface area is 236 Å². The van der Waals surface area contributed by atoms with E-state index in [0.717, 1.165) is 5.56 Å². The van der Waals surface area contributed by atoms with Gasteiger partial charge in [0.05, 0.1) is 6.61 Å². The van der Waals surface area contributed by atoms with Crippen LogP contribution in [0.1, 0.15) is 63.7 Å². The second-order valence-corrected chi connectivity index (χ2v) is 10.5. The van der Waals surface area contributed by atoms with E-state index < -0.39 is 29.1 Å². The zero-order valence-corrected chi connectivity index (χ0v) is 23.8. The van der Waals surface area contributed by atoms with Gasteiger partial charge in [0.2, 0.25) is 5.90 Å². The normalized spacial score (nSPS) is 18.5. The van der Waals surface area contributed by atoms with Crippen LogP contribution in [-0.2, 0) is 23.8 Å². The number of benzene rings is 2. The first-order valence-corrected chi connectivity index (χ1v) is 13.6. The molecule has 0 unspecified atom stereocenters. The molecule has 40 heavy (non-hydrogen) atoms. The fourth-order valence-corrected chi connectivity index (χ4v) is 4.24. The van der Waals surface area contributed by atoms with Crippen LogP contribution in [-0.4, -0.2) is 67.5 Å². The van der Waals surface area contributed by atoms with Gasteiger partial charge in [0.25, 0.3) is 5.91 Å². The van der Waals surface area contributed by atoms with Gasteiger partial charge >= 0.3 is 5.97 Å². The van der Waals surface area contributed by atoms with Gasteiger partial charge < -0.3 is 24.1 Å². The number of aliphatic imine (C=N–C) groups is 1. The maximum atomic E-state index is 13.9. The monoisotopic (exact) mass is 555 g/mol. The number of carbonyl (C=O) groups is 2. The number of nitrogens with zero attached hydrogens (tertiary/aromatic N) is 1. The molecule has 10 heteroatoms. The van der Waals surface area contributed by atoms with Crippen LogP contribution in [0.2, 0.25) is 0 Å². The van der Waals surface area contributed by atoms with Crippen molar-refractivity contribution in [1.82, 2.24) is 10.9 Å². The zero-order valence-electron chi connectivity index (χ0n) is 23.8. The number of rotatable bonds is 15. The van der Waals surface area contributed by atoms with Crippen molar-refractivity contribution in [2.24, 2.45) is 4.99 Å². The van der Waals surface area contributed by atoms with Gasteiger partial charge in [-0.2, -0.15) is 0 Å². The van der Waals surface area contributed by atoms with E-state index in [-0.39, 0.29) is 25.3 Å². The molecule has 3 rings (SSSR count). The summed E-state index contributed by atoms with van der Waals surface area (Å²) in [6, 6.07) is 16.6. The molecule has 1 amide bonds. The zero-order chi connectivity index (χ0) is 29.0. The fourth-order valence-electron chi connectivity index (χ4n) is 4.24. The highest BCUT2D eigenvalue weighted by atomic mass is 16.6. The fraction of sp³-hybridized carbons (Fsp3) is 0.500. The van der Waals surface area contributed by atoms with E-state index in [1.165, 1.54) is 0 Å². The number of esters is 1. The van der Waals surface area contributed by atoms with Crippen molar-refractivity contribution in [2.75, 3.05) is 33.5 Å². The van der Waals surface area contributed by atoms with Crippen molar-refractivity contribution in [3.8, 4) is 5.75 Å². The summed E-state index contributed by atoms with van der Waals surface area (Å²) < 4.78 is 22.7. The Kier molecular flexibility index (Phi) is 11.5. The van der Waals surface area contributed by atoms with E-state index in [1.807, 2.05) is 30.3 Å². The largest absolute Gasteiger partial charge is 0.494 e. The van der Waals surface area contributed by atoms with Crippen molar-refractivity contribution < 1.29 is 33.6 Å². The van der Waals surface area contributed by atoms with E-state index in [1.54, 1.807) is 52.1 Å². The number of ether oxygens (including phenoxy) is 4. The summed E-state index contributed by atoms with van der Waals surface area (Å²) in [6.45, 7) is 6.90. The minimum absolute atomic E-state index is 0.0323. The topological polar surface area (TPSA) is 128 Å². The number of hydrogen-bond donors (Lipinski definition) is 3. The minimum atomic E-state index is -1.45. The number of methoxy groups -OCH3 is 1. The molecule has 1 aliphatic heterocycles. The van der Waals surface area contributed by atoms with Crippen LogP contribution in [0.15, 0.2) is 59.6 Å². The molecule has 218 valence electrons. The second-order valence-electron chi connectivity index (χ2n) is 10.5. The maximum absolute atomic E-state index is 13.9. The Morgan fingerprint density at radius 3 is 2.42 bits per heavy atom. The predicted octanol–water partition coefficient (Wildman–Crippen LogP) is 3.48. The van der Waals surface area contributed by atoms with Gasteiger partial charge in [0.15, 0.2) is 11.6 Å². The standard InChI is InChI=1S/C30H41N3O7/c1-29(2,3)40-25(35)16-17-30(28(36)33-31-18-8-20-37-4)26(22-10-6-5-7-11-22)39-27(32-30)23-12-14-24(15-13-23)38-21-9-19-34/h5-7,10-15,26,31,34H,8-9,16-21H2,1-4H3,(H,33,36)/t26-,30-/m0/s1. The Balaban J connectivity index is 1.94. The summed E-state index contributed by atoms with van der Waals surface area (Å²) >= 11 is 0. The van der Waals surface area contributed by atoms with Gasteiger partial charge in [-0.05, 0) is 63.4 Å². The van der Waals surface area contributed by atoms with Crippen LogP contribution in [0.3, 0.4) is 0 Å². The van der Waals surface area contributed by atoms with E-state index >= 15 is 0 Å². The molecule has 2 atom stereocenters. The lowest BCUT2D eigenvalue weighted by Gasteiger charge is -2.31. The lowest BCUT2D eigenvalue weighted by molar-refractivity contribution is -0.155. The van der Waals surface area contributed by atoms with Crippen LogP contribution in [0.4, 0.5) is 0 Å². The Bertz CT molecular complexity index is 1120. The number of aliphatic hydroxyl groups is 1. The molecule has 0 fully saturated rings. The van der Waals surface area contributed by atoms with Gasteiger partial charge in [0, 0.05) is 45.3 Å². The van der Waals surface area contributed by atoms with E-state index in [0.29, 0.717) is 43.9 Å². The molecule has 0 bridgehead atoms. The van der Waals surface area contributed by atoms with E-state index in [2.05, 4.69) is 10.9 Å². The van der Waals surface area contributed by atoms with Crippen molar-refractivity contribution in [3.05, 3.63) is 65.7 Å². The summed E-state index contributed by atoms with van der Waals surface area (Å²) in [6.07, 6.45) is 0.480. The highest BCUT2D eigenvalue weighted by molar-refractivity contribution is 6.01. The number of carbonyl (C=O) groups excluding carboxylic acids is 2. The van der Waals surface area contributed by atoms with Gasteiger partial charge in [-0.3, -0.25) is 15.0 Å². The van der Waals surface area contributed by atoms with Crippen molar-refractivity contribution in [1.29, 1.82) is 0 Å². The molecule has 0 aromatic heterocycles. The highest BCUT2D eigenvalue weighted by Crippen LogP contribution is 2.43. The molecule has 0 saturated heterocycles. The van der Waals surface area contributed by atoms with Crippen LogP contribution in [0.25, 0.3) is 0 Å². The Morgan fingerprint density at radius 2 is 1.77 bits per heavy atom. The number of nitrogens with one attached hydrogen (secondary N) is 2. The quantitative estimate of drug-likeness (QED) is 0.173. The maximum Gasteiger partial charge on any atom is 0.306 e. The molecular weight excluding hydrogens is 514 g/mol. The van der Waals surface area contributed by atoms with Crippen LogP contribution < -0.4 is 15.6 Å². The summed E-state index contributed by atoms with van der Waals surface area (Å²) in [5, 5.41) is 8.99. The average molecular weight is 556 g/mol. The summed E-state index contributed by atoms with van der Waals surface area (Å²) in [5.74, 6) is 0.0907. The molecule has 0 spiro atoms. The second kappa shape index (κ2) is 14.8. The van der Waals surface area contributed by atoms with Gasteiger partial charge in [-0.15, -0.1) is 0 Å². The SMILES string of the molecule is COCCCNNC(=O)[C@@]1(CCC(=O)OC(C)(C)C)N=C(c2ccc(OCCCO)cc2)O[C@H]1c1ccccc1. The van der Waals surface area contributed by atoms with Crippen molar-refractivity contribution >= 4 is 17.8 Å². The molecule has 2 aromatic carbocycles. The smallest absolute Gasteiger partial charge is 0.306 e. The molecule has 10 nitrogen and oxygen atoms in total. The van der Waals surface area contributed by atoms with E-state index in [9.17, 15) is 9.59 Å². The lowest BCUT2D eigenvalue weighted by atomic mass is 9.83. The third-order valence-corrected chi connectivity index (χ3v) is 6.11. The first-order chi connectivity index (χ1) is 19.2. The van der Waals surface area contributed by atoms with Crippen LogP contribution in [0, 0.1) is 0 Å². The number of hydrogen-bond acceptors (Lipinski definition) is 9. The molecule has 1 heterocycles. The number of hydrazine groups is 1. The average Bonchev–Trinajstić information content (AvgIpc) is 3.33. The summed E-state index contributed by atoms with van der Waals surface area (Å²) in [7, 11) is 1.62. The molecule has 2 aromatic rings. The van der Waals surface area contributed by atoms with Gasteiger partial charge in [-0.1, -0.05) is 30.3 Å². The third-order valence-electron chi connectivity index (χ3n) is 6.11. The molecule has 1 aliphatic rings. The molecule has 0 radical (unpaired) electrons. The number of amides is 1.